The molecule has 1 heterocycles. The molecule has 0 saturated carbocycles. The highest BCUT2D eigenvalue weighted by molar-refractivity contribution is 8.00. The zero-order valence-corrected chi connectivity index (χ0v) is 21.7. The Balaban J connectivity index is 1.46. The summed E-state index contributed by atoms with van der Waals surface area (Å²) in [6, 6.07) is 21.7. The van der Waals surface area contributed by atoms with Gasteiger partial charge in [-0.15, -0.1) is 11.8 Å². The molecule has 0 unspecified atom stereocenters. The summed E-state index contributed by atoms with van der Waals surface area (Å²) in [6.07, 6.45) is 0.814. The van der Waals surface area contributed by atoms with Crippen molar-refractivity contribution in [1.82, 2.24) is 10.2 Å². The van der Waals surface area contributed by atoms with Crippen molar-refractivity contribution in [3.05, 3.63) is 100 Å². The Labute approximate surface area is 220 Å². The van der Waals surface area contributed by atoms with E-state index in [1.54, 1.807) is 48.2 Å². The number of thioether (sulfide) groups is 1. The number of hydrogen-bond donors (Lipinski definition) is 2. The van der Waals surface area contributed by atoms with Crippen molar-refractivity contribution < 1.29 is 14.4 Å². The molecular formula is C28H28ClN3O3S. The van der Waals surface area contributed by atoms with Crippen LogP contribution in [0, 0.1) is 0 Å². The van der Waals surface area contributed by atoms with Crippen molar-refractivity contribution in [3.63, 3.8) is 0 Å². The summed E-state index contributed by atoms with van der Waals surface area (Å²) in [5, 5.41) is 6.32. The second-order valence-electron chi connectivity index (χ2n) is 8.72. The predicted octanol–water partition coefficient (Wildman–Crippen LogP) is 5.89. The fourth-order valence-electron chi connectivity index (χ4n) is 3.87. The molecule has 0 bridgehead atoms. The third-order valence-electron chi connectivity index (χ3n) is 6.10. The topological polar surface area (TPSA) is 78.5 Å². The summed E-state index contributed by atoms with van der Waals surface area (Å²) in [4.78, 5) is 40.0. The minimum atomic E-state index is -0.307. The minimum Gasteiger partial charge on any atom is -0.350 e. The second kappa shape index (κ2) is 11.6. The summed E-state index contributed by atoms with van der Waals surface area (Å²) >= 11 is 7.55. The van der Waals surface area contributed by atoms with Crippen LogP contribution in [-0.4, -0.2) is 34.4 Å². The summed E-state index contributed by atoms with van der Waals surface area (Å²) in [5.41, 5.74) is 3.30. The summed E-state index contributed by atoms with van der Waals surface area (Å²) in [5.74, 6) is -0.0393. The molecule has 3 amide bonds. The number of benzene rings is 3. The maximum Gasteiger partial charge on any atom is 0.255 e. The number of carbonyl (C=O) groups is 3. The largest absolute Gasteiger partial charge is 0.350 e. The van der Waals surface area contributed by atoms with Gasteiger partial charge < -0.3 is 15.5 Å². The van der Waals surface area contributed by atoms with Crippen LogP contribution in [-0.2, 0) is 11.3 Å². The average molecular weight is 522 g/mol. The van der Waals surface area contributed by atoms with Crippen LogP contribution in [0.3, 0.4) is 0 Å². The van der Waals surface area contributed by atoms with Gasteiger partial charge in [-0.3, -0.25) is 14.4 Å². The van der Waals surface area contributed by atoms with Gasteiger partial charge in [0.25, 0.3) is 11.8 Å². The number of rotatable bonds is 8. The number of nitrogens with zero attached hydrogens (tertiary/aromatic N) is 1. The molecular weight excluding hydrogens is 494 g/mol. The zero-order valence-electron chi connectivity index (χ0n) is 20.2. The van der Waals surface area contributed by atoms with Crippen molar-refractivity contribution in [1.29, 1.82) is 0 Å². The highest BCUT2D eigenvalue weighted by atomic mass is 35.5. The fourth-order valence-corrected chi connectivity index (χ4v) is 5.19. The molecule has 2 N–H and O–H groups in total. The lowest BCUT2D eigenvalue weighted by Crippen LogP contribution is -2.32. The van der Waals surface area contributed by atoms with Crippen LogP contribution in [0.4, 0.5) is 5.69 Å². The van der Waals surface area contributed by atoms with Crippen molar-refractivity contribution in [3.8, 4) is 0 Å². The quantitative estimate of drug-likeness (QED) is 0.387. The second-order valence-corrected chi connectivity index (χ2v) is 10.2. The zero-order chi connectivity index (χ0) is 25.7. The van der Waals surface area contributed by atoms with Crippen LogP contribution in [0.25, 0.3) is 0 Å². The molecule has 4 rings (SSSR count). The molecule has 0 aliphatic carbocycles. The molecule has 1 aliphatic rings. The highest BCUT2D eigenvalue weighted by Crippen LogP contribution is 2.39. The summed E-state index contributed by atoms with van der Waals surface area (Å²) < 4.78 is 0. The van der Waals surface area contributed by atoms with Gasteiger partial charge in [-0.1, -0.05) is 54.9 Å². The Kier molecular flexibility index (Phi) is 8.33. The van der Waals surface area contributed by atoms with E-state index in [2.05, 4.69) is 10.6 Å². The van der Waals surface area contributed by atoms with Crippen LogP contribution < -0.4 is 10.6 Å². The summed E-state index contributed by atoms with van der Waals surface area (Å²) in [6.45, 7) is 4.43. The van der Waals surface area contributed by atoms with Gasteiger partial charge in [-0.2, -0.15) is 0 Å². The lowest BCUT2D eigenvalue weighted by atomic mass is 10.1. The van der Waals surface area contributed by atoms with E-state index in [1.165, 1.54) is 0 Å². The third kappa shape index (κ3) is 6.09. The molecule has 186 valence electrons. The fraction of sp³-hybridized carbons (Fsp3) is 0.250. The smallest absolute Gasteiger partial charge is 0.255 e. The Morgan fingerprint density at radius 3 is 2.42 bits per heavy atom. The van der Waals surface area contributed by atoms with Gasteiger partial charge in [-0.25, -0.2) is 0 Å². The Morgan fingerprint density at radius 1 is 1.03 bits per heavy atom. The highest BCUT2D eigenvalue weighted by Gasteiger charge is 2.32. The van der Waals surface area contributed by atoms with E-state index in [0.29, 0.717) is 34.1 Å². The predicted molar refractivity (Wildman–Crippen MR) is 145 cm³/mol. The Bertz CT molecular complexity index is 1250. The molecule has 0 aromatic heterocycles. The molecule has 36 heavy (non-hydrogen) atoms. The number of carbonyl (C=O) groups excluding carboxylic acids is 3. The number of nitrogens with one attached hydrogen (secondary N) is 2. The van der Waals surface area contributed by atoms with Gasteiger partial charge in [0.05, 0.1) is 17.0 Å². The lowest BCUT2D eigenvalue weighted by Gasteiger charge is -2.24. The van der Waals surface area contributed by atoms with Crippen LogP contribution in [0.15, 0.2) is 72.8 Å². The van der Waals surface area contributed by atoms with Gasteiger partial charge in [0, 0.05) is 23.2 Å². The number of anilines is 1. The van der Waals surface area contributed by atoms with Crippen molar-refractivity contribution in [2.75, 3.05) is 11.1 Å². The Hall–Kier alpha value is -3.29. The molecule has 1 fully saturated rings. The van der Waals surface area contributed by atoms with Crippen LogP contribution in [0.1, 0.15) is 57.5 Å². The van der Waals surface area contributed by atoms with Gasteiger partial charge in [0.2, 0.25) is 5.91 Å². The standard InChI is InChI=1S/C28H28ClN3O3S/c1-3-18(2)30-27(35)23-6-4-5-7-24(23)31-26(34)20-10-12-21(13-11-20)28-32(25(33)17-36-28)16-19-8-14-22(29)15-9-19/h4-15,18,28H,3,16-17H2,1-2H3,(H,30,35)(H,31,34)/t18-,28-/m1/s1. The summed E-state index contributed by atoms with van der Waals surface area (Å²) in [7, 11) is 0. The number of hydrogen-bond acceptors (Lipinski definition) is 4. The first-order valence-electron chi connectivity index (χ1n) is 11.8. The third-order valence-corrected chi connectivity index (χ3v) is 7.61. The maximum absolute atomic E-state index is 13.0. The van der Waals surface area contributed by atoms with Crippen molar-refractivity contribution in [2.24, 2.45) is 0 Å². The van der Waals surface area contributed by atoms with Crippen molar-refractivity contribution in [2.45, 2.75) is 38.2 Å². The van der Waals surface area contributed by atoms with Gasteiger partial charge >= 0.3 is 0 Å². The molecule has 6 nitrogen and oxygen atoms in total. The van der Waals surface area contributed by atoms with E-state index in [1.807, 2.05) is 55.1 Å². The normalized spacial score (nSPS) is 16.0. The van der Waals surface area contributed by atoms with E-state index in [9.17, 15) is 14.4 Å². The molecule has 8 heteroatoms. The molecule has 3 aromatic rings. The van der Waals surface area contributed by atoms with Crippen molar-refractivity contribution >= 4 is 46.8 Å². The van der Waals surface area contributed by atoms with Crippen LogP contribution in [0.5, 0.6) is 0 Å². The van der Waals surface area contributed by atoms with Gasteiger partial charge in [0.15, 0.2) is 0 Å². The van der Waals surface area contributed by atoms with Crippen LogP contribution in [0.2, 0.25) is 5.02 Å². The number of amides is 3. The molecule has 0 radical (unpaired) electrons. The SMILES string of the molecule is CC[C@@H](C)NC(=O)c1ccccc1NC(=O)c1ccc([C@H]2SCC(=O)N2Cc2ccc(Cl)cc2)cc1. The van der Waals surface area contributed by atoms with E-state index in [-0.39, 0.29) is 29.1 Å². The van der Waals surface area contributed by atoms with Crippen LogP contribution >= 0.6 is 23.4 Å². The first kappa shape index (κ1) is 25.8. The number of halogens is 1. The number of para-hydroxylation sites is 1. The molecule has 3 aromatic carbocycles. The van der Waals surface area contributed by atoms with E-state index < -0.39 is 0 Å². The molecule has 0 spiro atoms. The first-order valence-corrected chi connectivity index (χ1v) is 13.2. The Morgan fingerprint density at radius 2 is 1.72 bits per heavy atom. The van der Waals surface area contributed by atoms with E-state index >= 15 is 0 Å². The molecule has 1 saturated heterocycles. The first-order chi connectivity index (χ1) is 17.4. The molecule has 2 atom stereocenters. The maximum atomic E-state index is 13.0. The van der Waals surface area contributed by atoms with Gasteiger partial charge in [0.1, 0.15) is 5.37 Å². The minimum absolute atomic E-state index is 0.0356. The lowest BCUT2D eigenvalue weighted by molar-refractivity contribution is -0.128. The van der Waals surface area contributed by atoms with E-state index in [0.717, 1.165) is 17.5 Å². The van der Waals surface area contributed by atoms with E-state index in [4.69, 9.17) is 11.6 Å². The van der Waals surface area contributed by atoms with Gasteiger partial charge in [-0.05, 0) is 60.9 Å². The molecule has 1 aliphatic heterocycles. The average Bonchev–Trinajstić information content (AvgIpc) is 3.25. The monoisotopic (exact) mass is 521 g/mol.